The molecule has 0 bridgehead atoms. The molecule has 0 saturated heterocycles. The quantitative estimate of drug-likeness (QED) is 0.660. The first kappa shape index (κ1) is 11.6. The van der Waals surface area contributed by atoms with E-state index in [0.717, 1.165) is 24.4 Å². The molecule has 0 unspecified atom stereocenters. The maximum absolute atomic E-state index is 13.1. The molecule has 1 rings (SSSR count). The number of carbonyl (C=O) groups is 1. The van der Waals surface area contributed by atoms with E-state index >= 15 is 0 Å². The van der Waals surface area contributed by atoms with Crippen LogP contribution < -0.4 is 5.32 Å². The van der Waals surface area contributed by atoms with Crippen molar-refractivity contribution in [2.24, 2.45) is 0 Å². The van der Waals surface area contributed by atoms with Crippen molar-refractivity contribution >= 4 is 27.6 Å². The van der Waals surface area contributed by atoms with Gasteiger partial charge >= 0.3 is 5.97 Å². The maximum atomic E-state index is 13.1. The molecule has 0 amide bonds. The number of hydrogen-bond acceptors (Lipinski definition) is 2. The molecule has 3 nitrogen and oxygen atoms in total. The van der Waals surface area contributed by atoms with Gasteiger partial charge in [-0.15, -0.1) is 0 Å². The highest BCUT2D eigenvalue weighted by atomic mass is 79.9. The van der Waals surface area contributed by atoms with Crippen LogP contribution in [0.25, 0.3) is 0 Å². The van der Waals surface area contributed by atoms with Crippen LogP contribution in [0.2, 0.25) is 0 Å². The van der Waals surface area contributed by atoms with Gasteiger partial charge in [0.1, 0.15) is 11.6 Å². The highest BCUT2D eigenvalue weighted by molar-refractivity contribution is 9.10. The van der Waals surface area contributed by atoms with Gasteiger partial charge in [-0.2, -0.15) is 0 Å². The van der Waals surface area contributed by atoms with Crippen LogP contribution in [0.5, 0.6) is 0 Å². The van der Waals surface area contributed by atoms with E-state index in [1.165, 1.54) is 0 Å². The minimum Gasteiger partial charge on any atom is -0.478 e. The Balaban J connectivity index is 2.86. The largest absolute Gasteiger partial charge is 0.478 e. The third-order valence-corrected chi connectivity index (χ3v) is 2.08. The van der Waals surface area contributed by atoms with E-state index < -0.39 is 17.6 Å². The molecule has 15 heavy (non-hydrogen) atoms. The third kappa shape index (κ3) is 3.32. The molecule has 0 radical (unpaired) electrons. The standard InChI is InChI=1S/C9H6BrF2NO2/c10-5-3-7(12)8(4-6(5)11)13-2-1-9(14)15/h1-4,13H,(H,14,15)/b2-1+. The van der Waals surface area contributed by atoms with E-state index in [4.69, 9.17) is 5.11 Å². The van der Waals surface area contributed by atoms with E-state index in [2.05, 4.69) is 21.2 Å². The second-order valence-corrected chi connectivity index (χ2v) is 3.42. The third-order valence-electron chi connectivity index (χ3n) is 1.47. The smallest absolute Gasteiger partial charge is 0.329 e. The monoisotopic (exact) mass is 277 g/mol. The van der Waals surface area contributed by atoms with E-state index in [-0.39, 0.29) is 10.2 Å². The van der Waals surface area contributed by atoms with Gasteiger partial charge in [0.25, 0.3) is 0 Å². The Morgan fingerprint density at radius 3 is 2.67 bits per heavy atom. The number of halogens is 3. The molecule has 1 aromatic carbocycles. The van der Waals surface area contributed by atoms with E-state index in [1.54, 1.807) is 0 Å². The Morgan fingerprint density at radius 2 is 2.07 bits per heavy atom. The average Bonchev–Trinajstić information content (AvgIpc) is 2.13. The van der Waals surface area contributed by atoms with Crippen LogP contribution in [0, 0.1) is 11.6 Å². The minimum absolute atomic E-state index is 0.00719. The first-order valence-corrected chi connectivity index (χ1v) is 4.60. The van der Waals surface area contributed by atoms with Gasteiger partial charge in [-0.05, 0) is 22.0 Å². The molecule has 0 spiro atoms. The Morgan fingerprint density at radius 1 is 1.40 bits per heavy atom. The molecule has 1 aromatic rings. The van der Waals surface area contributed by atoms with Crippen LogP contribution in [0.4, 0.5) is 14.5 Å². The molecule has 0 aromatic heterocycles. The van der Waals surface area contributed by atoms with Gasteiger partial charge in [0.15, 0.2) is 0 Å². The lowest BCUT2D eigenvalue weighted by Gasteiger charge is -2.03. The van der Waals surface area contributed by atoms with Crippen molar-refractivity contribution in [1.82, 2.24) is 0 Å². The number of aliphatic carboxylic acids is 1. The van der Waals surface area contributed by atoms with Gasteiger partial charge in [0.05, 0.1) is 10.2 Å². The molecule has 0 heterocycles. The maximum Gasteiger partial charge on any atom is 0.329 e. The van der Waals surface area contributed by atoms with Gasteiger partial charge < -0.3 is 10.4 Å². The molecule has 0 aliphatic rings. The lowest BCUT2D eigenvalue weighted by Crippen LogP contribution is -1.96. The Labute approximate surface area is 92.5 Å². The molecule has 0 saturated carbocycles. The van der Waals surface area contributed by atoms with E-state index in [9.17, 15) is 13.6 Å². The average molecular weight is 278 g/mol. The van der Waals surface area contributed by atoms with Crippen LogP contribution in [0.1, 0.15) is 0 Å². The van der Waals surface area contributed by atoms with Gasteiger partial charge in [-0.1, -0.05) is 0 Å². The van der Waals surface area contributed by atoms with Gasteiger partial charge in [0.2, 0.25) is 0 Å². The normalized spacial score (nSPS) is 10.6. The van der Waals surface area contributed by atoms with Gasteiger partial charge in [0, 0.05) is 18.3 Å². The summed E-state index contributed by atoms with van der Waals surface area (Å²) in [5.41, 5.74) is -0.131. The van der Waals surface area contributed by atoms with Crippen molar-refractivity contribution in [1.29, 1.82) is 0 Å². The zero-order valence-corrected chi connectivity index (χ0v) is 8.88. The van der Waals surface area contributed by atoms with Crippen molar-refractivity contribution in [2.45, 2.75) is 0 Å². The molecule has 0 fully saturated rings. The first-order valence-electron chi connectivity index (χ1n) is 3.81. The van der Waals surface area contributed by atoms with Crippen LogP contribution in [0.3, 0.4) is 0 Å². The summed E-state index contributed by atoms with van der Waals surface area (Å²) in [6.45, 7) is 0. The lowest BCUT2D eigenvalue weighted by molar-refractivity contribution is -0.131. The highest BCUT2D eigenvalue weighted by Gasteiger charge is 2.06. The molecule has 0 atom stereocenters. The molecule has 80 valence electrons. The predicted molar refractivity (Wildman–Crippen MR) is 54.5 cm³/mol. The molecule has 0 aliphatic heterocycles. The second-order valence-electron chi connectivity index (χ2n) is 2.56. The molecule has 2 N–H and O–H groups in total. The van der Waals surface area contributed by atoms with E-state index in [0.29, 0.717) is 0 Å². The summed E-state index contributed by atoms with van der Waals surface area (Å²) in [7, 11) is 0. The SMILES string of the molecule is O=C(O)/C=C/Nc1cc(F)c(Br)cc1F. The van der Waals surface area contributed by atoms with Gasteiger partial charge in [-0.25, -0.2) is 13.6 Å². The zero-order chi connectivity index (χ0) is 11.4. The molecular formula is C9H6BrF2NO2. The fourth-order valence-corrected chi connectivity index (χ4v) is 1.15. The van der Waals surface area contributed by atoms with Gasteiger partial charge in [-0.3, -0.25) is 0 Å². The number of rotatable bonds is 3. The first-order chi connectivity index (χ1) is 7.00. The second kappa shape index (κ2) is 4.88. The van der Waals surface area contributed by atoms with Crippen molar-refractivity contribution in [3.63, 3.8) is 0 Å². The number of benzene rings is 1. The van der Waals surface area contributed by atoms with Crippen molar-refractivity contribution in [2.75, 3.05) is 5.32 Å². The molecular weight excluding hydrogens is 272 g/mol. The summed E-state index contributed by atoms with van der Waals surface area (Å²) in [4.78, 5) is 10.1. The number of carboxylic acid groups (broad SMARTS) is 1. The summed E-state index contributed by atoms with van der Waals surface area (Å²) in [5, 5.41) is 10.6. The van der Waals surface area contributed by atoms with Crippen LogP contribution in [-0.2, 0) is 4.79 Å². The summed E-state index contributed by atoms with van der Waals surface area (Å²) < 4.78 is 26.1. The summed E-state index contributed by atoms with van der Waals surface area (Å²) in [5.74, 6) is -2.50. The number of hydrogen-bond donors (Lipinski definition) is 2. The predicted octanol–water partition coefficient (Wildman–Crippen LogP) is 2.74. The van der Waals surface area contributed by atoms with E-state index in [1.807, 2.05) is 0 Å². The van der Waals surface area contributed by atoms with Crippen LogP contribution in [-0.4, -0.2) is 11.1 Å². The summed E-state index contributed by atoms with van der Waals surface area (Å²) in [6, 6.07) is 1.87. The van der Waals surface area contributed by atoms with Crippen LogP contribution in [0.15, 0.2) is 28.9 Å². The van der Waals surface area contributed by atoms with Crippen LogP contribution >= 0.6 is 15.9 Å². The van der Waals surface area contributed by atoms with Crippen molar-refractivity contribution < 1.29 is 18.7 Å². The fraction of sp³-hybridized carbons (Fsp3) is 0. The Kier molecular flexibility index (Phi) is 3.79. The number of carboxylic acids is 1. The summed E-state index contributed by atoms with van der Waals surface area (Å²) >= 11 is 2.82. The number of nitrogens with one attached hydrogen (secondary N) is 1. The minimum atomic E-state index is -1.18. The number of anilines is 1. The van der Waals surface area contributed by atoms with Crippen molar-refractivity contribution in [3.05, 3.63) is 40.5 Å². The topological polar surface area (TPSA) is 49.3 Å². The Bertz CT molecular complexity index is 421. The molecule has 6 heteroatoms. The summed E-state index contributed by atoms with van der Waals surface area (Å²) in [6.07, 6.45) is 1.79. The lowest BCUT2D eigenvalue weighted by atomic mass is 10.3. The zero-order valence-electron chi connectivity index (χ0n) is 7.30. The Hall–Kier alpha value is -1.43. The molecule has 0 aliphatic carbocycles. The fourth-order valence-electron chi connectivity index (χ4n) is 0.836. The highest BCUT2D eigenvalue weighted by Crippen LogP contribution is 2.23. The van der Waals surface area contributed by atoms with Crippen molar-refractivity contribution in [3.8, 4) is 0 Å².